The third kappa shape index (κ3) is 1.34. The summed E-state index contributed by atoms with van der Waals surface area (Å²) < 4.78 is 2.16. The van der Waals surface area contributed by atoms with Crippen LogP contribution in [-0.2, 0) is 6.54 Å². The molecule has 8 heavy (non-hydrogen) atoms. The Balaban J connectivity index is 2.50. The van der Waals surface area contributed by atoms with Crippen molar-refractivity contribution in [2.45, 2.75) is 6.54 Å². The maximum atomic E-state index is 2.70. The smallest absolute Gasteiger partial charge is 0.0254 e. The van der Waals surface area contributed by atoms with Gasteiger partial charge in [0.1, 0.15) is 0 Å². The molecule has 44 valence electrons. The molecule has 1 atom stereocenters. The van der Waals surface area contributed by atoms with E-state index in [0.29, 0.717) is 0 Å². The van der Waals surface area contributed by atoms with E-state index in [1.807, 2.05) is 12.1 Å². The minimum Gasteiger partial charge on any atom is -0.354 e. The van der Waals surface area contributed by atoms with Crippen LogP contribution in [0, 0.1) is 0 Å². The fourth-order valence-corrected chi connectivity index (χ4v) is 0.966. The molecule has 0 aliphatic rings. The third-order valence-electron chi connectivity index (χ3n) is 1.05. The Hall–Kier alpha value is -0.290. The summed E-state index contributed by atoms with van der Waals surface area (Å²) >= 11 is 0. The lowest BCUT2D eigenvalue weighted by atomic mass is 10.7. The fraction of sp³-hybridized carbons (Fsp3) is 0.333. The maximum Gasteiger partial charge on any atom is 0.0254 e. The van der Waals surface area contributed by atoms with E-state index in [4.69, 9.17) is 0 Å². The quantitative estimate of drug-likeness (QED) is 0.528. The first-order chi connectivity index (χ1) is 3.93. The van der Waals surface area contributed by atoms with Gasteiger partial charge in [-0.25, -0.2) is 0 Å². The van der Waals surface area contributed by atoms with Gasteiger partial charge < -0.3 is 4.57 Å². The molecule has 0 fully saturated rings. The molecular formula is C6H10NP. The van der Waals surface area contributed by atoms with Crippen molar-refractivity contribution in [3.63, 3.8) is 0 Å². The van der Waals surface area contributed by atoms with Crippen LogP contribution < -0.4 is 0 Å². The molecule has 0 bridgehead atoms. The van der Waals surface area contributed by atoms with Crippen molar-refractivity contribution in [2.24, 2.45) is 0 Å². The number of rotatable bonds is 2. The summed E-state index contributed by atoms with van der Waals surface area (Å²) in [6, 6.07) is 4.08. The first-order valence-corrected chi connectivity index (χ1v) is 3.56. The molecule has 0 spiro atoms. The second-order valence-electron chi connectivity index (χ2n) is 1.71. The molecule has 0 saturated carbocycles. The lowest BCUT2D eigenvalue weighted by molar-refractivity contribution is 0.778. The fourth-order valence-electron chi connectivity index (χ4n) is 0.668. The van der Waals surface area contributed by atoms with Gasteiger partial charge >= 0.3 is 0 Å². The average molecular weight is 127 g/mol. The molecule has 0 aromatic carbocycles. The van der Waals surface area contributed by atoms with Crippen LogP contribution in [0.5, 0.6) is 0 Å². The van der Waals surface area contributed by atoms with Gasteiger partial charge in [0.05, 0.1) is 0 Å². The molecule has 0 aliphatic heterocycles. The van der Waals surface area contributed by atoms with Crippen LogP contribution in [0.2, 0.25) is 0 Å². The zero-order chi connectivity index (χ0) is 5.82. The first-order valence-electron chi connectivity index (χ1n) is 2.74. The molecule has 2 heteroatoms. The van der Waals surface area contributed by atoms with Gasteiger partial charge in [0.2, 0.25) is 0 Å². The Morgan fingerprint density at radius 3 is 2.38 bits per heavy atom. The molecule has 1 nitrogen and oxygen atoms in total. The van der Waals surface area contributed by atoms with Crippen LogP contribution in [0.4, 0.5) is 0 Å². The number of aromatic nitrogens is 1. The minimum absolute atomic E-state index is 1.11. The molecule has 0 saturated heterocycles. The highest BCUT2D eigenvalue weighted by Gasteiger charge is 1.80. The summed E-state index contributed by atoms with van der Waals surface area (Å²) in [5.41, 5.74) is 0. The molecule has 1 heterocycles. The lowest BCUT2D eigenvalue weighted by Gasteiger charge is -1.94. The van der Waals surface area contributed by atoms with Gasteiger partial charge in [0, 0.05) is 18.9 Å². The summed E-state index contributed by atoms with van der Waals surface area (Å²) in [7, 11) is 2.70. The van der Waals surface area contributed by atoms with Crippen molar-refractivity contribution in [3.8, 4) is 0 Å². The highest BCUT2D eigenvalue weighted by molar-refractivity contribution is 7.16. The Labute approximate surface area is 51.9 Å². The summed E-state index contributed by atoms with van der Waals surface area (Å²) in [5, 5.41) is 0. The molecule has 0 radical (unpaired) electrons. The molecule has 1 unspecified atom stereocenters. The average Bonchev–Trinajstić information content (AvgIpc) is 2.19. The largest absolute Gasteiger partial charge is 0.354 e. The lowest BCUT2D eigenvalue weighted by Crippen LogP contribution is -1.92. The van der Waals surface area contributed by atoms with E-state index in [2.05, 4.69) is 26.2 Å². The molecule has 1 rings (SSSR count). The summed E-state index contributed by atoms with van der Waals surface area (Å²) in [4.78, 5) is 0. The number of nitrogens with zero attached hydrogens (tertiary/aromatic N) is 1. The first kappa shape index (κ1) is 5.84. The highest BCUT2D eigenvalue weighted by atomic mass is 31.0. The van der Waals surface area contributed by atoms with E-state index in [1.54, 1.807) is 0 Å². The van der Waals surface area contributed by atoms with Crippen LogP contribution >= 0.6 is 9.24 Å². The molecule has 1 aromatic heterocycles. The van der Waals surface area contributed by atoms with Crippen LogP contribution in [0.15, 0.2) is 24.5 Å². The van der Waals surface area contributed by atoms with Gasteiger partial charge in [-0.15, -0.1) is 9.24 Å². The Bertz CT molecular complexity index is 134. The monoisotopic (exact) mass is 127 g/mol. The molecular weight excluding hydrogens is 117 g/mol. The van der Waals surface area contributed by atoms with E-state index in [9.17, 15) is 0 Å². The zero-order valence-electron chi connectivity index (χ0n) is 4.75. The molecule has 0 N–H and O–H groups in total. The third-order valence-corrected chi connectivity index (χ3v) is 1.31. The van der Waals surface area contributed by atoms with Gasteiger partial charge in [0.15, 0.2) is 0 Å². The van der Waals surface area contributed by atoms with Crippen molar-refractivity contribution >= 4 is 9.24 Å². The number of hydrogen-bond acceptors (Lipinski definition) is 0. The predicted molar refractivity (Wildman–Crippen MR) is 39.0 cm³/mol. The molecule has 0 amide bonds. The Kier molecular flexibility index (Phi) is 2.11. The van der Waals surface area contributed by atoms with Gasteiger partial charge in [-0.3, -0.25) is 0 Å². The van der Waals surface area contributed by atoms with Crippen LogP contribution in [0.3, 0.4) is 0 Å². The van der Waals surface area contributed by atoms with Gasteiger partial charge in [-0.2, -0.15) is 0 Å². The van der Waals surface area contributed by atoms with Crippen molar-refractivity contribution in [2.75, 3.05) is 6.16 Å². The summed E-state index contributed by atoms with van der Waals surface area (Å²) in [6.45, 7) is 1.11. The van der Waals surface area contributed by atoms with Gasteiger partial charge in [0.25, 0.3) is 0 Å². The Morgan fingerprint density at radius 1 is 1.25 bits per heavy atom. The van der Waals surface area contributed by atoms with E-state index in [0.717, 1.165) is 12.7 Å². The molecule has 0 aliphatic carbocycles. The summed E-state index contributed by atoms with van der Waals surface area (Å²) in [5.74, 6) is 0. The van der Waals surface area contributed by atoms with Crippen LogP contribution in [0.25, 0.3) is 0 Å². The van der Waals surface area contributed by atoms with Crippen molar-refractivity contribution in [3.05, 3.63) is 24.5 Å². The topological polar surface area (TPSA) is 4.93 Å². The standard InChI is InChI=1S/C6H10NP/c8-6-5-7-3-1-2-4-7/h1-4H,5-6,8H2. The highest BCUT2D eigenvalue weighted by Crippen LogP contribution is 1.91. The van der Waals surface area contributed by atoms with Crippen LogP contribution in [-0.4, -0.2) is 10.7 Å². The number of aryl methyl sites for hydroxylation is 1. The second kappa shape index (κ2) is 2.88. The van der Waals surface area contributed by atoms with E-state index >= 15 is 0 Å². The van der Waals surface area contributed by atoms with E-state index in [-0.39, 0.29) is 0 Å². The zero-order valence-corrected chi connectivity index (χ0v) is 5.90. The SMILES string of the molecule is PCCn1cccc1. The maximum absolute atomic E-state index is 2.70. The van der Waals surface area contributed by atoms with E-state index < -0.39 is 0 Å². The van der Waals surface area contributed by atoms with Crippen molar-refractivity contribution in [1.29, 1.82) is 0 Å². The van der Waals surface area contributed by atoms with Crippen molar-refractivity contribution in [1.82, 2.24) is 4.57 Å². The predicted octanol–water partition coefficient (Wildman–Crippen LogP) is 1.36. The van der Waals surface area contributed by atoms with Crippen LogP contribution in [0.1, 0.15) is 0 Å². The van der Waals surface area contributed by atoms with Crippen molar-refractivity contribution < 1.29 is 0 Å². The van der Waals surface area contributed by atoms with Gasteiger partial charge in [-0.1, -0.05) is 0 Å². The molecule has 1 aromatic rings. The van der Waals surface area contributed by atoms with E-state index in [1.165, 1.54) is 0 Å². The minimum atomic E-state index is 1.11. The summed E-state index contributed by atoms with van der Waals surface area (Å²) in [6.07, 6.45) is 5.28. The number of hydrogen-bond donors (Lipinski definition) is 0. The Morgan fingerprint density at radius 2 is 1.88 bits per heavy atom. The second-order valence-corrected chi connectivity index (χ2v) is 2.29. The van der Waals surface area contributed by atoms with Gasteiger partial charge in [-0.05, 0) is 18.3 Å². The normalized spacial score (nSPS) is 9.62.